The van der Waals surface area contributed by atoms with Crippen LogP contribution in [0.5, 0.6) is 0 Å². The van der Waals surface area contributed by atoms with Gasteiger partial charge in [-0.05, 0) is 31.1 Å². The second-order valence-corrected chi connectivity index (χ2v) is 5.25. The maximum Gasteiger partial charge on any atom is 0.269 e. The average Bonchev–Trinajstić information content (AvgIpc) is 3.08. The summed E-state index contributed by atoms with van der Waals surface area (Å²) in [6, 6.07) is 12.4. The number of H-pyrrole nitrogens is 1. The van der Waals surface area contributed by atoms with E-state index in [1.807, 2.05) is 6.07 Å². The van der Waals surface area contributed by atoms with Crippen molar-refractivity contribution in [3.05, 3.63) is 53.9 Å². The third-order valence-corrected chi connectivity index (χ3v) is 3.89. The van der Waals surface area contributed by atoms with Crippen molar-refractivity contribution in [2.75, 3.05) is 19.6 Å². The molecule has 0 saturated carbocycles. The van der Waals surface area contributed by atoms with Crippen molar-refractivity contribution in [3.63, 3.8) is 0 Å². The summed E-state index contributed by atoms with van der Waals surface area (Å²) in [5.74, 6) is -0.109. The van der Waals surface area contributed by atoms with Crippen LogP contribution in [0.2, 0.25) is 0 Å². The lowest BCUT2D eigenvalue weighted by molar-refractivity contribution is 0.0929. The first-order valence-corrected chi connectivity index (χ1v) is 7.80. The second-order valence-electron chi connectivity index (χ2n) is 5.25. The van der Waals surface area contributed by atoms with E-state index in [1.54, 1.807) is 12.3 Å². The number of hydrogen-bond donors (Lipinski definition) is 2. The zero-order valence-electron chi connectivity index (χ0n) is 13.2. The second kappa shape index (κ2) is 8.34. The summed E-state index contributed by atoms with van der Waals surface area (Å²) < 4.78 is 0. The number of amides is 1. The summed E-state index contributed by atoms with van der Waals surface area (Å²) in [7, 11) is 0. The Labute approximate surface area is 131 Å². The molecule has 1 atom stereocenters. The zero-order chi connectivity index (χ0) is 15.8. The summed E-state index contributed by atoms with van der Waals surface area (Å²) in [4.78, 5) is 14.4. The molecule has 0 aliphatic heterocycles. The van der Waals surface area contributed by atoms with E-state index in [1.165, 1.54) is 5.56 Å². The van der Waals surface area contributed by atoms with Gasteiger partial charge in [0.05, 0.1) is 0 Å². The monoisotopic (exact) mass is 300 g/mol. The molecule has 1 aromatic heterocycles. The standard InChI is InChI=1S/C17H24N4O/c1-3-21(4-2)15(12-14-8-6-5-7-9-14)13-18-17(22)16-10-11-19-20-16/h5-11,15H,3-4,12-13H2,1-2H3,(H,18,22)(H,19,20). The molecule has 0 saturated heterocycles. The van der Waals surface area contributed by atoms with Crippen molar-refractivity contribution in [1.82, 2.24) is 20.4 Å². The van der Waals surface area contributed by atoms with Crippen LogP contribution in [0.25, 0.3) is 0 Å². The van der Waals surface area contributed by atoms with E-state index in [0.29, 0.717) is 12.2 Å². The van der Waals surface area contributed by atoms with E-state index in [4.69, 9.17) is 0 Å². The summed E-state index contributed by atoms with van der Waals surface area (Å²) in [5, 5.41) is 9.50. The van der Waals surface area contributed by atoms with Gasteiger partial charge < -0.3 is 5.32 Å². The molecular weight excluding hydrogens is 276 g/mol. The van der Waals surface area contributed by atoms with Gasteiger partial charge in [0.15, 0.2) is 0 Å². The van der Waals surface area contributed by atoms with E-state index in [0.717, 1.165) is 19.5 Å². The molecule has 0 aliphatic carbocycles. The summed E-state index contributed by atoms with van der Waals surface area (Å²) >= 11 is 0. The highest BCUT2D eigenvalue weighted by atomic mass is 16.1. The van der Waals surface area contributed by atoms with E-state index in [2.05, 4.69) is 58.5 Å². The van der Waals surface area contributed by atoms with E-state index >= 15 is 0 Å². The summed E-state index contributed by atoms with van der Waals surface area (Å²) in [6.07, 6.45) is 2.51. The number of aromatic amines is 1. The van der Waals surface area contributed by atoms with Crippen molar-refractivity contribution < 1.29 is 4.79 Å². The van der Waals surface area contributed by atoms with Gasteiger partial charge in [-0.2, -0.15) is 5.10 Å². The van der Waals surface area contributed by atoms with Crippen molar-refractivity contribution in [2.45, 2.75) is 26.3 Å². The third kappa shape index (κ3) is 4.43. The number of carbonyl (C=O) groups excluding carboxylic acids is 1. The molecule has 2 aromatic rings. The maximum absolute atomic E-state index is 12.1. The highest BCUT2D eigenvalue weighted by Crippen LogP contribution is 2.09. The van der Waals surface area contributed by atoms with Crippen LogP contribution < -0.4 is 5.32 Å². The predicted octanol–water partition coefficient (Wildman–Crippen LogP) is 2.09. The fraction of sp³-hybridized carbons (Fsp3) is 0.412. The van der Waals surface area contributed by atoms with Gasteiger partial charge in [-0.25, -0.2) is 0 Å². The van der Waals surface area contributed by atoms with Gasteiger partial charge in [-0.1, -0.05) is 44.2 Å². The van der Waals surface area contributed by atoms with Gasteiger partial charge in [0, 0.05) is 18.8 Å². The molecule has 1 heterocycles. The van der Waals surface area contributed by atoms with Crippen LogP contribution in [-0.4, -0.2) is 46.7 Å². The van der Waals surface area contributed by atoms with E-state index in [9.17, 15) is 4.79 Å². The van der Waals surface area contributed by atoms with Crippen LogP contribution in [0.1, 0.15) is 29.9 Å². The Kier molecular flexibility index (Phi) is 6.15. The first-order valence-electron chi connectivity index (χ1n) is 7.80. The number of nitrogens with zero attached hydrogens (tertiary/aromatic N) is 2. The Balaban J connectivity index is 1.99. The smallest absolute Gasteiger partial charge is 0.269 e. The molecule has 1 aromatic carbocycles. The van der Waals surface area contributed by atoms with Gasteiger partial charge in [0.2, 0.25) is 0 Å². The molecule has 118 valence electrons. The molecule has 2 N–H and O–H groups in total. The molecule has 5 heteroatoms. The molecule has 1 amide bonds. The lowest BCUT2D eigenvalue weighted by Gasteiger charge is -2.30. The first kappa shape index (κ1) is 16.2. The number of hydrogen-bond acceptors (Lipinski definition) is 3. The molecular formula is C17H24N4O. The molecule has 0 bridgehead atoms. The lowest BCUT2D eigenvalue weighted by Crippen LogP contribution is -2.45. The van der Waals surface area contributed by atoms with Crippen molar-refractivity contribution in [3.8, 4) is 0 Å². The predicted molar refractivity (Wildman–Crippen MR) is 87.8 cm³/mol. The number of aromatic nitrogens is 2. The Morgan fingerprint density at radius 1 is 1.23 bits per heavy atom. The fourth-order valence-corrected chi connectivity index (χ4v) is 2.64. The van der Waals surface area contributed by atoms with Crippen molar-refractivity contribution in [2.24, 2.45) is 0 Å². The molecule has 0 spiro atoms. The third-order valence-electron chi connectivity index (χ3n) is 3.89. The van der Waals surface area contributed by atoms with Crippen LogP contribution in [0.15, 0.2) is 42.6 Å². The largest absolute Gasteiger partial charge is 0.349 e. The van der Waals surface area contributed by atoms with Gasteiger partial charge in [-0.3, -0.25) is 14.8 Å². The number of rotatable bonds is 8. The number of carbonyl (C=O) groups is 1. The van der Waals surface area contributed by atoms with Gasteiger partial charge in [0.1, 0.15) is 5.69 Å². The van der Waals surface area contributed by atoms with Crippen molar-refractivity contribution >= 4 is 5.91 Å². The van der Waals surface area contributed by atoms with E-state index < -0.39 is 0 Å². The van der Waals surface area contributed by atoms with E-state index in [-0.39, 0.29) is 11.9 Å². The van der Waals surface area contributed by atoms with Crippen LogP contribution >= 0.6 is 0 Å². The average molecular weight is 300 g/mol. The Morgan fingerprint density at radius 3 is 2.55 bits per heavy atom. The Bertz CT molecular complexity index is 549. The first-order chi connectivity index (χ1) is 10.7. The Hall–Kier alpha value is -2.14. The molecule has 2 rings (SSSR count). The SMILES string of the molecule is CCN(CC)C(CNC(=O)c1ccn[nH]1)Cc1ccccc1. The van der Waals surface area contributed by atoms with Crippen LogP contribution in [0.4, 0.5) is 0 Å². The minimum absolute atomic E-state index is 0.109. The van der Waals surface area contributed by atoms with Crippen molar-refractivity contribution in [1.29, 1.82) is 0 Å². The highest BCUT2D eigenvalue weighted by Gasteiger charge is 2.18. The number of benzene rings is 1. The molecule has 1 unspecified atom stereocenters. The number of nitrogens with one attached hydrogen (secondary N) is 2. The van der Waals surface area contributed by atoms with Crippen LogP contribution in [-0.2, 0) is 6.42 Å². The summed E-state index contributed by atoms with van der Waals surface area (Å²) in [6.45, 7) is 6.85. The quantitative estimate of drug-likeness (QED) is 0.785. The van der Waals surface area contributed by atoms with Crippen LogP contribution in [0, 0.1) is 0 Å². The minimum atomic E-state index is -0.109. The number of likely N-dealkylation sites (N-methyl/N-ethyl adjacent to an activating group) is 1. The fourth-order valence-electron chi connectivity index (χ4n) is 2.64. The minimum Gasteiger partial charge on any atom is -0.349 e. The normalized spacial score (nSPS) is 12.3. The maximum atomic E-state index is 12.1. The molecule has 0 fully saturated rings. The van der Waals surface area contributed by atoms with Crippen LogP contribution in [0.3, 0.4) is 0 Å². The van der Waals surface area contributed by atoms with Gasteiger partial charge in [-0.15, -0.1) is 0 Å². The van der Waals surface area contributed by atoms with Gasteiger partial charge >= 0.3 is 0 Å². The Morgan fingerprint density at radius 2 is 1.95 bits per heavy atom. The molecule has 0 aliphatic rings. The molecule has 5 nitrogen and oxygen atoms in total. The topological polar surface area (TPSA) is 61.0 Å². The molecule has 22 heavy (non-hydrogen) atoms. The highest BCUT2D eigenvalue weighted by molar-refractivity contribution is 5.92. The summed E-state index contributed by atoms with van der Waals surface area (Å²) in [5.41, 5.74) is 1.79. The molecule has 0 radical (unpaired) electrons. The zero-order valence-corrected chi connectivity index (χ0v) is 13.2. The van der Waals surface area contributed by atoms with Gasteiger partial charge in [0.25, 0.3) is 5.91 Å². The lowest BCUT2D eigenvalue weighted by atomic mass is 10.0.